The van der Waals surface area contributed by atoms with Crippen LogP contribution < -0.4 is 11.3 Å². The minimum absolute atomic E-state index is 0.0182. The highest BCUT2D eigenvalue weighted by Crippen LogP contribution is 2.26. The van der Waals surface area contributed by atoms with Gasteiger partial charge in [-0.05, 0) is 43.9 Å². The molecule has 0 saturated heterocycles. The van der Waals surface area contributed by atoms with Gasteiger partial charge >= 0.3 is 0 Å². The van der Waals surface area contributed by atoms with Crippen molar-refractivity contribution in [3.8, 4) is 0 Å². The van der Waals surface area contributed by atoms with Crippen LogP contribution in [0.4, 0.5) is 8.78 Å². The van der Waals surface area contributed by atoms with Crippen molar-refractivity contribution in [3.63, 3.8) is 0 Å². The van der Waals surface area contributed by atoms with Crippen LogP contribution >= 0.6 is 0 Å². The number of hydrogen-bond acceptors (Lipinski definition) is 2. The van der Waals surface area contributed by atoms with Crippen LogP contribution in [0.15, 0.2) is 36.4 Å². The summed E-state index contributed by atoms with van der Waals surface area (Å²) < 4.78 is 28.1. The van der Waals surface area contributed by atoms with Gasteiger partial charge in [0.05, 0.1) is 6.04 Å². The Labute approximate surface area is 124 Å². The molecule has 1 unspecified atom stereocenters. The fourth-order valence-corrected chi connectivity index (χ4v) is 2.37. The molecule has 3 N–H and O–H groups in total. The predicted molar refractivity (Wildman–Crippen MR) is 80.7 cm³/mol. The molecule has 112 valence electrons. The van der Waals surface area contributed by atoms with Crippen molar-refractivity contribution in [2.75, 3.05) is 0 Å². The average Bonchev–Trinajstić information content (AvgIpc) is 2.48. The summed E-state index contributed by atoms with van der Waals surface area (Å²) in [5.74, 6) is 4.41. The molecular formula is C17H20F2N2. The summed E-state index contributed by atoms with van der Waals surface area (Å²) in [4.78, 5) is 0. The normalized spacial score (nSPS) is 12.4. The smallest absolute Gasteiger partial charge is 0.133 e. The summed E-state index contributed by atoms with van der Waals surface area (Å²) in [6.07, 6.45) is 1.22. The van der Waals surface area contributed by atoms with E-state index in [1.165, 1.54) is 17.7 Å². The van der Waals surface area contributed by atoms with E-state index in [0.717, 1.165) is 5.56 Å². The third-order valence-corrected chi connectivity index (χ3v) is 3.71. The third kappa shape index (κ3) is 3.65. The van der Waals surface area contributed by atoms with Crippen molar-refractivity contribution >= 4 is 0 Å². The van der Waals surface area contributed by atoms with Crippen molar-refractivity contribution < 1.29 is 8.78 Å². The predicted octanol–water partition coefficient (Wildman–Crippen LogP) is 3.72. The van der Waals surface area contributed by atoms with Crippen molar-refractivity contribution in [3.05, 3.63) is 70.3 Å². The highest BCUT2D eigenvalue weighted by atomic mass is 19.1. The Bertz CT molecular complexity index is 609. The Balaban J connectivity index is 2.17. The zero-order chi connectivity index (χ0) is 15.4. The SMILES string of the molecule is Cc1ccc(CCC(NN)c2c(F)ccc(C)c2F)cc1. The van der Waals surface area contributed by atoms with Gasteiger partial charge in [0, 0.05) is 5.56 Å². The molecule has 0 bridgehead atoms. The Hall–Kier alpha value is -1.78. The van der Waals surface area contributed by atoms with E-state index in [2.05, 4.69) is 5.43 Å². The Kier molecular flexibility index (Phi) is 5.04. The van der Waals surface area contributed by atoms with Crippen molar-refractivity contribution in [2.24, 2.45) is 5.84 Å². The maximum absolute atomic E-state index is 14.1. The standard InChI is InChI=1S/C17H20F2N2/c1-11-3-6-13(7-4-11)8-10-15(21-20)16-14(18)9-5-12(2)17(16)19/h3-7,9,15,21H,8,10,20H2,1-2H3. The van der Waals surface area contributed by atoms with Crippen LogP contribution in [0.2, 0.25) is 0 Å². The highest BCUT2D eigenvalue weighted by molar-refractivity contribution is 5.29. The molecule has 0 saturated carbocycles. The van der Waals surface area contributed by atoms with Crippen LogP contribution in [0.25, 0.3) is 0 Å². The summed E-state index contributed by atoms with van der Waals surface area (Å²) in [7, 11) is 0. The first-order valence-electron chi connectivity index (χ1n) is 6.99. The van der Waals surface area contributed by atoms with Gasteiger partial charge in [0.25, 0.3) is 0 Å². The molecule has 2 nitrogen and oxygen atoms in total. The number of benzene rings is 2. The van der Waals surface area contributed by atoms with E-state index in [1.807, 2.05) is 31.2 Å². The van der Waals surface area contributed by atoms with Gasteiger partial charge < -0.3 is 0 Å². The molecule has 0 aliphatic carbocycles. The Morgan fingerprint density at radius 2 is 1.71 bits per heavy atom. The summed E-state index contributed by atoms with van der Waals surface area (Å²) in [5.41, 5.74) is 5.27. The second-order valence-electron chi connectivity index (χ2n) is 5.34. The van der Waals surface area contributed by atoms with Gasteiger partial charge in [-0.2, -0.15) is 0 Å². The molecule has 0 aliphatic rings. The second kappa shape index (κ2) is 6.78. The lowest BCUT2D eigenvalue weighted by atomic mass is 9.96. The molecular weight excluding hydrogens is 270 g/mol. The van der Waals surface area contributed by atoms with Crippen molar-refractivity contribution in [2.45, 2.75) is 32.7 Å². The maximum atomic E-state index is 14.1. The van der Waals surface area contributed by atoms with Gasteiger partial charge in [-0.15, -0.1) is 0 Å². The van der Waals surface area contributed by atoms with Crippen LogP contribution in [0, 0.1) is 25.5 Å². The number of hydrogen-bond donors (Lipinski definition) is 2. The molecule has 0 amide bonds. The molecule has 2 aromatic rings. The zero-order valence-corrected chi connectivity index (χ0v) is 12.3. The van der Waals surface area contributed by atoms with Gasteiger partial charge in [-0.1, -0.05) is 35.9 Å². The fourth-order valence-electron chi connectivity index (χ4n) is 2.37. The number of rotatable bonds is 5. The first-order valence-corrected chi connectivity index (χ1v) is 6.99. The van der Waals surface area contributed by atoms with E-state index in [1.54, 1.807) is 6.92 Å². The van der Waals surface area contributed by atoms with Crippen LogP contribution in [-0.2, 0) is 6.42 Å². The zero-order valence-electron chi connectivity index (χ0n) is 12.3. The van der Waals surface area contributed by atoms with Gasteiger partial charge in [0.15, 0.2) is 0 Å². The van der Waals surface area contributed by atoms with Crippen molar-refractivity contribution in [1.29, 1.82) is 0 Å². The van der Waals surface area contributed by atoms with Crippen LogP contribution in [0.5, 0.6) is 0 Å². The van der Waals surface area contributed by atoms with Crippen LogP contribution in [-0.4, -0.2) is 0 Å². The lowest BCUT2D eigenvalue weighted by molar-refractivity contribution is 0.452. The molecule has 0 radical (unpaired) electrons. The van der Waals surface area contributed by atoms with Gasteiger partial charge in [0.2, 0.25) is 0 Å². The second-order valence-corrected chi connectivity index (χ2v) is 5.34. The molecule has 4 heteroatoms. The van der Waals surface area contributed by atoms with Crippen LogP contribution in [0.3, 0.4) is 0 Å². The Morgan fingerprint density at radius 1 is 1.05 bits per heavy atom. The number of hydrazine groups is 1. The van der Waals surface area contributed by atoms with Crippen LogP contribution in [0.1, 0.15) is 34.7 Å². The number of halogens is 2. The molecule has 0 heterocycles. The number of nitrogens with two attached hydrogens (primary N) is 1. The molecule has 2 rings (SSSR count). The molecule has 0 aliphatic heterocycles. The highest BCUT2D eigenvalue weighted by Gasteiger charge is 2.20. The fraction of sp³-hybridized carbons (Fsp3) is 0.294. The summed E-state index contributed by atoms with van der Waals surface area (Å²) in [6.45, 7) is 3.64. The monoisotopic (exact) mass is 290 g/mol. The lowest BCUT2D eigenvalue weighted by Gasteiger charge is -2.18. The average molecular weight is 290 g/mol. The van der Waals surface area contributed by atoms with Crippen molar-refractivity contribution in [1.82, 2.24) is 5.43 Å². The minimum atomic E-state index is -0.565. The third-order valence-electron chi connectivity index (χ3n) is 3.71. The summed E-state index contributed by atoms with van der Waals surface area (Å²) in [5, 5.41) is 0. The quantitative estimate of drug-likeness (QED) is 0.650. The molecule has 0 aromatic heterocycles. The van der Waals surface area contributed by atoms with E-state index in [9.17, 15) is 8.78 Å². The van der Waals surface area contributed by atoms with E-state index >= 15 is 0 Å². The molecule has 21 heavy (non-hydrogen) atoms. The topological polar surface area (TPSA) is 38.0 Å². The number of nitrogens with one attached hydrogen (secondary N) is 1. The lowest BCUT2D eigenvalue weighted by Crippen LogP contribution is -2.30. The van der Waals surface area contributed by atoms with E-state index in [4.69, 9.17) is 5.84 Å². The summed E-state index contributed by atoms with van der Waals surface area (Å²) >= 11 is 0. The van der Waals surface area contributed by atoms with E-state index < -0.39 is 17.7 Å². The summed E-state index contributed by atoms with van der Waals surface area (Å²) in [6, 6.07) is 10.2. The molecule has 2 aromatic carbocycles. The van der Waals surface area contributed by atoms with Gasteiger partial charge in [-0.25, -0.2) is 8.78 Å². The van der Waals surface area contributed by atoms with E-state index in [-0.39, 0.29) is 5.56 Å². The maximum Gasteiger partial charge on any atom is 0.133 e. The first kappa shape index (κ1) is 15.6. The Morgan fingerprint density at radius 3 is 2.33 bits per heavy atom. The minimum Gasteiger partial charge on any atom is -0.271 e. The molecule has 0 fully saturated rings. The molecule has 0 spiro atoms. The number of aryl methyl sites for hydroxylation is 3. The first-order chi connectivity index (χ1) is 10.0. The largest absolute Gasteiger partial charge is 0.271 e. The molecule has 1 atom stereocenters. The van der Waals surface area contributed by atoms with E-state index in [0.29, 0.717) is 18.4 Å². The van der Waals surface area contributed by atoms with Gasteiger partial charge in [-0.3, -0.25) is 11.3 Å². The van der Waals surface area contributed by atoms with Gasteiger partial charge in [0.1, 0.15) is 11.6 Å².